The molecule has 0 unspecified atom stereocenters. The first-order valence-electron chi connectivity index (χ1n) is 7.43. The smallest absolute Gasteiger partial charge is 0.306 e. The van der Waals surface area contributed by atoms with Crippen molar-refractivity contribution in [2.45, 2.75) is 26.2 Å². The van der Waals surface area contributed by atoms with Gasteiger partial charge in [-0.15, -0.1) is 0 Å². The van der Waals surface area contributed by atoms with Crippen LogP contribution in [0.5, 0.6) is 5.75 Å². The molecule has 22 heavy (non-hydrogen) atoms. The van der Waals surface area contributed by atoms with Crippen molar-refractivity contribution in [1.29, 1.82) is 0 Å². The molecule has 1 amide bonds. The second kappa shape index (κ2) is 7.63. The largest absolute Gasteiger partial charge is 0.483 e. The summed E-state index contributed by atoms with van der Waals surface area (Å²) in [6.45, 7) is 3.01. The first kappa shape index (κ1) is 16.8. The summed E-state index contributed by atoms with van der Waals surface area (Å²) < 4.78 is 6.41. The Morgan fingerprint density at radius 3 is 2.59 bits per heavy atom. The molecule has 1 aromatic carbocycles. The maximum Gasteiger partial charge on any atom is 0.306 e. The van der Waals surface area contributed by atoms with Gasteiger partial charge < -0.3 is 14.7 Å². The molecule has 1 heterocycles. The molecule has 0 aromatic heterocycles. The Hall–Kier alpha value is -1.56. The summed E-state index contributed by atoms with van der Waals surface area (Å²) in [6.07, 6.45) is 1.96. The van der Waals surface area contributed by atoms with Crippen LogP contribution in [0.4, 0.5) is 0 Å². The maximum atomic E-state index is 12.1. The SMILES string of the molecule is CCc1ccc(OCC(=O)N2CCC(C(=O)O)CC2)c(Br)c1. The molecule has 0 spiro atoms. The molecule has 0 atom stereocenters. The van der Waals surface area contributed by atoms with Crippen LogP contribution in [-0.4, -0.2) is 41.6 Å². The minimum atomic E-state index is -0.775. The average molecular weight is 370 g/mol. The highest BCUT2D eigenvalue weighted by Gasteiger charge is 2.27. The van der Waals surface area contributed by atoms with E-state index >= 15 is 0 Å². The fourth-order valence-corrected chi connectivity index (χ4v) is 3.03. The Morgan fingerprint density at radius 1 is 1.36 bits per heavy atom. The van der Waals surface area contributed by atoms with E-state index in [-0.39, 0.29) is 18.4 Å². The topological polar surface area (TPSA) is 66.8 Å². The van der Waals surface area contributed by atoms with Crippen molar-refractivity contribution in [3.8, 4) is 5.75 Å². The summed E-state index contributed by atoms with van der Waals surface area (Å²) in [4.78, 5) is 24.7. The highest BCUT2D eigenvalue weighted by molar-refractivity contribution is 9.10. The number of halogens is 1. The number of likely N-dealkylation sites (tertiary alicyclic amines) is 1. The number of carbonyl (C=O) groups is 2. The third-order valence-electron chi connectivity index (χ3n) is 3.95. The molecule has 0 radical (unpaired) electrons. The Kier molecular flexibility index (Phi) is 5.83. The molecule has 1 N–H and O–H groups in total. The number of carboxylic acids is 1. The fourth-order valence-electron chi connectivity index (χ4n) is 2.49. The van der Waals surface area contributed by atoms with Crippen molar-refractivity contribution in [2.24, 2.45) is 5.92 Å². The van der Waals surface area contributed by atoms with Crippen LogP contribution in [0.15, 0.2) is 22.7 Å². The van der Waals surface area contributed by atoms with Gasteiger partial charge in [0, 0.05) is 13.1 Å². The number of hydrogen-bond acceptors (Lipinski definition) is 3. The van der Waals surface area contributed by atoms with Gasteiger partial charge >= 0.3 is 5.97 Å². The molecule has 0 saturated carbocycles. The van der Waals surface area contributed by atoms with Gasteiger partial charge in [0.1, 0.15) is 5.75 Å². The van der Waals surface area contributed by atoms with Crippen molar-refractivity contribution >= 4 is 27.8 Å². The zero-order valence-corrected chi connectivity index (χ0v) is 14.1. The Labute approximate surface area is 138 Å². The van der Waals surface area contributed by atoms with E-state index < -0.39 is 5.97 Å². The standard InChI is InChI=1S/C16H20BrNO4/c1-2-11-3-4-14(13(17)9-11)22-10-15(19)18-7-5-12(6-8-18)16(20)21/h3-4,9,12H,2,5-8,10H2,1H3,(H,20,21). The van der Waals surface area contributed by atoms with Crippen molar-refractivity contribution in [2.75, 3.05) is 19.7 Å². The predicted molar refractivity (Wildman–Crippen MR) is 86.0 cm³/mol. The lowest BCUT2D eigenvalue weighted by Gasteiger charge is -2.30. The van der Waals surface area contributed by atoms with Crippen LogP contribution in [0.3, 0.4) is 0 Å². The summed E-state index contributed by atoms with van der Waals surface area (Å²) >= 11 is 3.44. The first-order chi connectivity index (χ1) is 10.5. The number of hydrogen-bond donors (Lipinski definition) is 1. The number of rotatable bonds is 5. The molecular formula is C16H20BrNO4. The van der Waals surface area contributed by atoms with Crippen LogP contribution in [0.2, 0.25) is 0 Å². The predicted octanol–water partition coefficient (Wildman–Crippen LogP) is 2.71. The minimum absolute atomic E-state index is 0.0260. The van der Waals surface area contributed by atoms with E-state index in [0.29, 0.717) is 31.7 Å². The molecule has 6 heteroatoms. The quantitative estimate of drug-likeness (QED) is 0.866. The van der Waals surface area contributed by atoms with E-state index in [4.69, 9.17) is 9.84 Å². The van der Waals surface area contributed by atoms with Crippen molar-refractivity contribution in [3.63, 3.8) is 0 Å². The van der Waals surface area contributed by atoms with E-state index in [9.17, 15) is 9.59 Å². The van der Waals surface area contributed by atoms with Gasteiger partial charge in [-0.25, -0.2) is 0 Å². The van der Waals surface area contributed by atoms with Crippen LogP contribution < -0.4 is 4.74 Å². The number of benzene rings is 1. The van der Waals surface area contributed by atoms with Gasteiger partial charge in [0.05, 0.1) is 10.4 Å². The number of amides is 1. The molecule has 1 aromatic rings. The van der Waals surface area contributed by atoms with E-state index in [1.165, 1.54) is 5.56 Å². The summed E-state index contributed by atoms with van der Waals surface area (Å²) in [7, 11) is 0. The Bertz CT molecular complexity index is 553. The summed E-state index contributed by atoms with van der Waals surface area (Å²) in [5, 5.41) is 8.96. The number of carbonyl (C=O) groups excluding carboxylic acids is 1. The lowest BCUT2D eigenvalue weighted by atomic mass is 9.97. The van der Waals surface area contributed by atoms with Crippen LogP contribution in [0.25, 0.3) is 0 Å². The van der Waals surface area contributed by atoms with E-state index in [2.05, 4.69) is 22.9 Å². The highest BCUT2D eigenvalue weighted by Crippen LogP contribution is 2.26. The third-order valence-corrected chi connectivity index (χ3v) is 4.57. The molecule has 1 saturated heterocycles. The molecule has 1 aliphatic heterocycles. The third kappa shape index (κ3) is 4.22. The number of nitrogens with zero attached hydrogens (tertiary/aromatic N) is 1. The van der Waals surface area contributed by atoms with Crippen LogP contribution >= 0.6 is 15.9 Å². The van der Waals surface area contributed by atoms with Gasteiger partial charge in [0.2, 0.25) is 0 Å². The molecule has 120 valence electrons. The fraction of sp³-hybridized carbons (Fsp3) is 0.500. The molecule has 0 aliphatic carbocycles. The van der Waals surface area contributed by atoms with E-state index in [1.807, 2.05) is 18.2 Å². The van der Waals surface area contributed by atoms with Gasteiger partial charge in [-0.1, -0.05) is 13.0 Å². The number of aryl methyl sites for hydroxylation is 1. The molecule has 1 fully saturated rings. The number of aliphatic carboxylic acids is 1. The second-order valence-electron chi connectivity index (χ2n) is 5.40. The Balaban J connectivity index is 1.84. The van der Waals surface area contributed by atoms with Crippen LogP contribution in [0, 0.1) is 5.92 Å². The van der Waals surface area contributed by atoms with Crippen LogP contribution in [-0.2, 0) is 16.0 Å². The lowest BCUT2D eigenvalue weighted by Crippen LogP contribution is -2.42. The maximum absolute atomic E-state index is 12.1. The van der Waals surface area contributed by atoms with E-state index in [0.717, 1.165) is 10.9 Å². The molecule has 5 nitrogen and oxygen atoms in total. The van der Waals surface area contributed by atoms with Crippen molar-refractivity contribution < 1.29 is 19.4 Å². The van der Waals surface area contributed by atoms with Gasteiger partial charge in [-0.2, -0.15) is 0 Å². The van der Waals surface area contributed by atoms with Gasteiger partial charge in [0.15, 0.2) is 6.61 Å². The zero-order chi connectivity index (χ0) is 16.1. The van der Waals surface area contributed by atoms with Crippen molar-refractivity contribution in [3.05, 3.63) is 28.2 Å². The number of piperidine rings is 1. The highest BCUT2D eigenvalue weighted by atomic mass is 79.9. The zero-order valence-electron chi connectivity index (χ0n) is 12.5. The van der Waals surface area contributed by atoms with Crippen LogP contribution in [0.1, 0.15) is 25.3 Å². The number of carboxylic acid groups (broad SMARTS) is 1. The molecular weight excluding hydrogens is 350 g/mol. The molecule has 0 bridgehead atoms. The van der Waals surface area contributed by atoms with Gasteiger partial charge in [-0.05, 0) is 52.9 Å². The van der Waals surface area contributed by atoms with Gasteiger partial charge in [0.25, 0.3) is 5.91 Å². The molecule has 2 rings (SSSR count). The van der Waals surface area contributed by atoms with Gasteiger partial charge in [-0.3, -0.25) is 9.59 Å². The summed E-state index contributed by atoms with van der Waals surface area (Å²) in [5.74, 6) is -0.565. The van der Waals surface area contributed by atoms with E-state index in [1.54, 1.807) is 4.90 Å². The molecule has 1 aliphatic rings. The second-order valence-corrected chi connectivity index (χ2v) is 6.25. The Morgan fingerprint density at radius 2 is 2.05 bits per heavy atom. The average Bonchev–Trinajstić information content (AvgIpc) is 2.53. The lowest BCUT2D eigenvalue weighted by molar-refractivity contribution is -0.146. The first-order valence-corrected chi connectivity index (χ1v) is 8.22. The number of ether oxygens (including phenoxy) is 1. The summed E-state index contributed by atoms with van der Waals surface area (Å²) in [6, 6.07) is 5.81. The monoisotopic (exact) mass is 369 g/mol. The normalized spacial score (nSPS) is 15.6. The minimum Gasteiger partial charge on any atom is -0.483 e. The summed E-state index contributed by atoms with van der Waals surface area (Å²) in [5.41, 5.74) is 1.20. The van der Waals surface area contributed by atoms with Crippen molar-refractivity contribution in [1.82, 2.24) is 4.90 Å².